The topological polar surface area (TPSA) is 53.3 Å². The number of nitriles is 1. The summed E-state index contributed by atoms with van der Waals surface area (Å²) in [5.41, 5.74) is -1.90. The third-order valence-corrected chi connectivity index (χ3v) is 2.70. The zero-order chi connectivity index (χ0) is 10.2. The summed E-state index contributed by atoms with van der Waals surface area (Å²) in [6, 6.07) is 1.80. The van der Waals surface area contributed by atoms with Gasteiger partial charge in [0, 0.05) is 19.5 Å². The van der Waals surface area contributed by atoms with Crippen molar-refractivity contribution in [3.8, 4) is 6.07 Å². The molecule has 1 heterocycles. The second-order valence-electron chi connectivity index (χ2n) is 3.65. The Morgan fingerprint density at radius 2 is 2.21 bits per heavy atom. The highest BCUT2D eigenvalue weighted by molar-refractivity contribution is 5.89. The van der Waals surface area contributed by atoms with Crippen molar-refractivity contribution in [1.29, 1.82) is 5.26 Å². The van der Waals surface area contributed by atoms with E-state index in [1.54, 1.807) is 6.07 Å². The van der Waals surface area contributed by atoms with Crippen molar-refractivity contribution in [3.63, 3.8) is 0 Å². The third-order valence-electron chi connectivity index (χ3n) is 2.70. The maximum atomic E-state index is 13.7. The molecule has 0 aromatic carbocycles. The smallest absolute Gasteiger partial charge is 0.261 e. The molecule has 0 radical (unpaired) electrons. The van der Waals surface area contributed by atoms with Crippen molar-refractivity contribution in [2.45, 2.75) is 12.1 Å². The van der Waals surface area contributed by atoms with E-state index >= 15 is 0 Å². The van der Waals surface area contributed by atoms with Gasteiger partial charge in [0.1, 0.15) is 0 Å². The van der Waals surface area contributed by atoms with Gasteiger partial charge in [0.25, 0.3) is 5.91 Å². The van der Waals surface area contributed by atoms with Crippen LogP contribution in [0, 0.1) is 17.2 Å². The van der Waals surface area contributed by atoms with Crippen molar-refractivity contribution >= 4 is 5.91 Å². The van der Waals surface area contributed by atoms with Crippen LogP contribution in [0.5, 0.6) is 0 Å². The number of carbonyl (C=O) groups is 1. The number of morpholine rings is 1. The molecule has 0 aromatic rings. The van der Waals surface area contributed by atoms with Gasteiger partial charge in [-0.05, 0) is 0 Å². The summed E-state index contributed by atoms with van der Waals surface area (Å²) < 4.78 is 18.7. The molecule has 2 atom stereocenters. The molecule has 2 fully saturated rings. The Morgan fingerprint density at radius 1 is 1.57 bits per heavy atom. The van der Waals surface area contributed by atoms with Gasteiger partial charge >= 0.3 is 0 Å². The Hall–Kier alpha value is -1.15. The first kappa shape index (κ1) is 9.41. The van der Waals surface area contributed by atoms with Crippen LogP contribution in [-0.4, -0.2) is 42.8 Å². The van der Waals surface area contributed by atoms with E-state index in [-0.39, 0.29) is 6.42 Å². The molecule has 4 nitrogen and oxygen atoms in total. The Balaban J connectivity index is 1.99. The molecule has 1 saturated carbocycles. The minimum absolute atomic E-state index is 0.0552. The van der Waals surface area contributed by atoms with E-state index in [1.807, 2.05) is 0 Å². The zero-order valence-electron chi connectivity index (χ0n) is 7.70. The Kier molecular flexibility index (Phi) is 2.16. The van der Waals surface area contributed by atoms with E-state index in [4.69, 9.17) is 10.00 Å². The molecule has 0 aromatic heterocycles. The van der Waals surface area contributed by atoms with Gasteiger partial charge in [-0.25, -0.2) is 4.39 Å². The van der Waals surface area contributed by atoms with Crippen LogP contribution in [0.25, 0.3) is 0 Å². The first-order valence-electron chi connectivity index (χ1n) is 4.64. The van der Waals surface area contributed by atoms with Gasteiger partial charge in [0.2, 0.25) is 5.67 Å². The van der Waals surface area contributed by atoms with Crippen LogP contribution in [0.3, 0.4) is 0 Å². The molecule has 76 valence electrons. The summed E-state index contributed by atoms with van der Waals surface area (Å²) >= 11 is 0. The molecule has 5 heteroatoms. The van der Waals surface area contributed by atoms with Gasteiger partial charge in [-0.15, -0.1) is 0 Å². The van der Waals surface area contributed by atoms with Gasteiger partial charge in [-0.3, -0.25) is 4.79 Å². The fourth-order valence-corrected chi connectivity index (χ4v) is 1.65. The van der Waals surface area contributed by atoms with Crippen molar-refractivity contribution in [2.75, 3.05) is 26.3 Å². The van der Waals surface area contributed by atoms with Gasteiger partial charge in [-0.1, -0.05) is 0 Å². The van der Waals surface area contributed by atoms with Crippen molar-refractivity contribution in [3.05, 3.63) is 0 Å². The molecule has 2 rings (SSSR count). The summed E-state index contributed by atoms with van der Waals surface area (Å²) in [4.78, 5) is 13.0. The summed E-state index contributed by atoms with van der Waals surface area (Å²) in [7, 11) is 0. The van der Waals surface area contributed by atoms with Gasteiger partial charge < -0.3 is 9.64 Å². The fraction of sp³-hybridized carbons (Fsp3) is 0.778. The monoisotopic (exact) mass is 198 g/mol. The molecule has 1 amide bonds. The van der Waals surface area contributed by atoms with Gasteiger partial charge in [-0.2, -0.15) is 5.26 Å². The minimum Gasteiger partial charge on any atom is -0.378 e. The second-order valence-corrected chi connectivity index (χ2v) is 3.65. The van der Waals surface area contributed by atoms with Crippen LogP contribution in [0.2, 0.25) is 0 Å². The van der Waals surface area contributed by atoms with Crippen LogP contribution >= 0.6 is 0 Å². The van der Waals surface area contributed by atoms with Gasteiger partial charge in [0.05, 0.1) is 25.2 Å². The van der Waals surface area contributed by atoms with Crippen LogP contribution in [0.1, 0.15) is 6.42 Å². The first-order valence-corrected chi connectivity index (χ1v) is 4.64. The molecule has 14 heavy (non-hydrogen) atoms. The lowest BCUT2D eigenvalue weighted by atomic mass is 10.2. The molecular formula is C9H11FN2O2. The number of ether oxygens (including phenoxy) is 1. The Bertz CT molecular complexity index is 296. The summed E-state index contributed by atoms with van der Waals surface area (Å²) in [6.07, 6.45) is 0.0552. The molecule has 0 unspecified atom stereocenters. The highest BCUT2D eigenvalue weighted by atomic mass is 19.1. The molecule has 1 aliphatic carbocycles. The van der Waals surface area contributed by atoms with Crippen molar-refractivity contribution in [1.82, 2.24) is 4.90 Å². The minimum atomic E-state index is -1.90. The van der Waals surface area contributed by atoms with Crippen LogP contribution in [0.4, 0.5) is 4.39 Å². The molecule has 1 saturated heterocycles. The standard InChI is InChI=1S/C9H11FN2O2/c10-9(5-7(9)6-11)8(13)12-1-3-14-4-2-12/h7H,1-5H2/t7-,9-/m1/s1. The molecule has 0 bridgehead atoms. The van der Waals surface area contributed by atoms with Crippen LogP contribution in [0.15, 0.2) is 0 Å². The number of alkyl halides is 1. The zero-order valence-corrected chi connectivity index (χ0v) is 7.70. The van der Waals surface area contributed by atoms with E-state index in [1.165, 1.54) is 4.90 Å². The number of halogens is 1. The lowest BCUT2D eigenvalue weighted by molar-refractivity contribution is -0.142. The number of carbonyl (C=O) groups excluding carboxylic acids is 1. The number of hydrogen-bond acceptors (Lipinski definition) is 3. The SMILES string of the molecule is N#C[C@H]1C[C@]1(F)C(=O)N1CCOCC1. The Morgan fingerprint density at radius 3 is 2.71 bits per heavy atom. The predicted octanol–water partition coefficient (Wildman–Crippen LogP) is 0.0970. The number of hydrogen-bond donors (Lipinski definition) is 0. The maximum absolute atomic E-state index is 13.7. The second kappa shape index (κ2) is 3.21. The summed E-state index contributed by atoms with van der Waals surface area (Å²) in [5, 5.41) is 8.50. The Labute approximate surface area is 81.2 Å². The van der Waals surface area contributed by atoms with Crippen LogP contribution < -0.4 is 0 Å². The third kappa shape index (κ3) is 1.36. The normalized spacial score (nSPS) is 36.3. The molecule has 0 N–H and O–H groups in total. The lowest BCUT2D eigenvalue weighted by Crippen LogP contribution is -2.46. The molecular weight excluding hydrogens is 187 g/mol. The number of nitrogens with zero attached hydrogens (tertiary/aromatic N) is 2. The molecule has 1 aliphatic heterocycles. The van der Waals surface area contributed by atoms with E-state index in [2.05, 4.69) is 0 Å². The van der Waals surface area contributed by atoms with Crippen molar-refractivity contribution < 1.29 is 13.9 Å². The number of amides is 1. The molecule has 2 aliphatic rings. The largest absolute Gasteiger partial charge is 0.378 e. The quantitative estimate of drug-likeness (QED) is 0.600. The summed E-state index contributed by atoms with van der Waals surface area (Å²) in [5.74, 6) is -1.27. The highest BCUT2D eigenvalue weighted by Crippen LogP contribution is 2.48. The number of rotatable bonds is 1. The summed E-state index contributed by atoms with van der Waals surface area (Å²) in [6.45, 7) is 1.78. The highest BCUT2D eigenvalue weighted by Gasteiger charge is 2.63. The maximum Gasteiger partial charge on any atom is 0.261 e. The average Bonchev–Trinajstić information content (AvgIpc) is 2.91. The molecule has 0 spiro atoms. The lowest BCUT2D eigenvalue weighted by Gasteiger charge is -2.28. The van der Waals surface area contributed by atoms with Crippen LogP contribution in [-0.2, 0) is 9.53 Å². The van der Waals surface area contributed by atoms with E-state index < -0.39 is 17.5 Å². The van der Waals surface area contributed by atoms with E-state index in [0.29, 0.717) is 26.3 Å². The van der Waals surface area contributed by atoms with Crippen molar-refractivity contribution in [2.24, 2.45) is 5.92 Å². The average molecular weight is 198 g/mol. The first-order chi connectivity index (χ1) is 6.68. The van der Waals surface area contributed by atoms with E-state index in [0.717, 1.165) is 0 Å². The fourth-order valence-electron chi connectivity index (χ4n) is 1.65. The van der Waals surface area contributed by atoms with E-state index in [9.17, 15) is 9.18 Å². The van der Waals surface area contributed by atoms with Gasteiger partial charge in [0.15, 0.2) is 0 Å². The predicted molar refractivity (Wildman–Crippen MR) is 45.0 cm³/mol.